The number of rotatable bonds is 10. The largest absolute Gasteiger partial charge is 0.322 e. The average molecular weight is 620 g/mol. The smallest absolute Gasteiger partial charge is 0.272 e. The predicted octanol–water partition coefficient (Wildman–Crippen LogP) is 7.85. The fourth-order valence-electron chi connectivity index (χ4n) is 4.30. The van der Waals surface area contributed by atoms with Crippen LogP contribution in [-0.4, -0.2) is 17.7 Å². The van der Waals surface area contributed by atoms with Gasteiger partial charge in [-0.05, 0) is 66.2 Å². The lowest BCUT2D eigenvalue weighted by atomic mass is 10.1. The number of para-hydroxylation sites is 1. The maximum Gasteiger partial charge on any atom is 0.272 e. The topological polar surface area (TPSA) is 87.3 Å². The maximum atomic E-state index is 14.4. The highest BCUT2D eigenvalue weighted by molar-refractivity contribution is 8.00. The molecular formula is C36H27F2N3O3S. The van der Waals surface area contributed by atoms with Crippen molar-refractivity contribution < 1.29 is 23.2 Å². The maximum absolute atomic E-state index is 14.4. The lowest BCUT2D eigenvalue weighted by molar-refractivity contribution is -0.116. The molecule has 0 aromatic heterocycles. The normalized spacial score (nSPS) is 11.7. The Kier molecular flexibility index (Phi) is 10.1. The molecule has 3 amide bonds. The highest BCUT2D eigenvalue weighted by atomic mass is 32.2. The minimum Gasteiger partial charge on any atom is -0.322 e. The molecule has 45 heavy (non-hydrogen) atoms. The number of halogens is 2. The van der Waals surface area contributed by atoms with Gasteiger partial charge < -0.3 is 16.0 Å². The van der Waals surface area contributed by atoms with Crippen LogP contribution < -0.4 is 16.0 Å². The summed E-state index contributed by atoms with van der Waals surface area (Å²) in [4.78, 5) is 40.2. The van der Waals surface area contributed by atoms with Crippen molar-refractivity contribution in [2.24, 2.45) is 0 Å². The monoisotopic (exact) mass is 619 g/mol. The highest BCUT2D eigenvalue weighted by Crippen LogP contribution is 2.37. The summed E-state index contributed by atoms with van der Waals surface area (Å²) in [5.41, 5.74) is 1.53. The first kappa shape index (κ1) is 30.9. The minimum atomic E-state index is -0.699. The van der Waals surface area contributed by atoms with Gasteiger partial charge in [0.15, 0.2) is 0 Å². The molecule has 1 atom stereocenters. The van der Waals surface area contributed by atoms with Crippen molar-refractivity contribution in [1.82, 2.24) is 5.32 Å². The molecule has 0 spiro atoms. The summed E-state index contributed by atoms with van der Waals surface area (Å²) >= 11 is 1.26. The molecule has 0 bridgehead atoms. The number of amides is 3. The van der Waals surface area contributed by atoms with E-state index in [1.54, 1.807) is 72.8 Å². The van der Waals surface area contributed by atoms with E-state index < -0.39 is 34.6 Å². The van der Waals surface area contributed by atoms with Gasteiger partial charge in [0.05, 0.1) is 5.69 Å². The van der Waals surface area contributed by atoms with E-state index >= 15 is 0 Å². The van der Waals surface area contributed by atoms with E-state index in [0.717, 1.165) is 5.56 Å². The first-order valence-electron chi connectivity index (χ1n) is 13.9. The lowest BCUT2D eigenvalue weighted by Crippen LogP contribution is -2.30. The standard InChI is InChI=1S/C36H27F2N3O3S/c37-29-16-8-7-15-26(29)23-32(41-34(42)25-13-5-2-6-14-25)35(43)39-27-19-21-28(22-20-27)45-33(24-11-3-1-4-12-24)36(44)40-31-18-10-9-17-30(31)38/h1-23,33H,(H,39,43)(H,40,44)(H,41,42)/b32-23-. The summed E-state index contributed by atoms with van der Waals surface area (Å²) in [7, 11) is 0. The van der Waals surface area contributed by atoms with Crippen LogP contribution in [0.4, 0.5) is 20.2 Å². The third-order valence-corrected chi connectivity index (χ3v) is 7.84. The number of thioether (sulfide) groups is 1. The van der Waals surface area contributed by atoms with Gasteiger partial charge in [-0.3, -0.25) is 14.4 Å². The molecule has 0 saturated heterocycles. The molecule has 0 aliphatic rings. The van der Waals surface area contributed by atoms with Crippen molar-refractivity contribution in [3.05, 3.63) is 167 Å². The van der Waals surface area contributed by atoms with Crippen LogP contribution in [0.25, 0.3) is 6.08 Å². The van der Waals surface area contributed by atoms with E-state index in [1.165, 1.54) is 48.2 Å². The molecule has 0 fully saturated rings. The molecule has 6 nitrogen and oxygen atoms in total. The number of carbonyl (C=O) groups excluding carboxylic acids is 3. The zero-order valence-corrected chi connectivity index (χ0v) is 24.6. The lowest BCUT2D eigenvalue weighted by Gasteiger charge is -2.18. The summed E-state index contributed by atoms with van der Waals surface area (Å²) in [6, 6.07) is 36.1. The second-order valence-electron chi connectivity index (χ2n) is 9.76. The molecule has 5 aromatic rings. The molecule has 0 aliphatic heterocycles. The van der Waals surface area contributed by atoms with Crippen molar-refractivity contribution >= 4 is 46.9 Å². The third kappa shape index (κ3) is 8.31. The first-order valence-corrected chi connectivity index (χ1v) is 14.8. The summed E-state index contributed by atoms with van der Waals surface area (Å²) in [6.45, 7) is 0. The number of hydrogen-bond acceptors (Lipinski definition) is 4. The summed E-state index contributed by atoms with van der Waals surface area (Å²) in [6.07, 6.45) is 1.27. The molecule has 1 unspecified atom stereocenters. The van der Waals surface area contributed by atoms with Crippen molar-refractivity contribution in [3.63, 3.8) is 0 Å². The van der Waals surface area contributed by atoms with Gasteiger partial charge in [-0.15, -0.1) is 11.8 Å². The molecule has 0 aliphatic carbocycles. The molecule has 224 valence electrons. The fourth-order valence-corrected chi connectivity index (χ4v) is 5.33. The van der Waals surface area contributed by atoms with Gasteiger partial charge in [0.1, 0.15) is 22.6 Å². The number of hydrogen-bond donors (Lipinski definition) is 3. The Morgan fingerprint density at radius 1 is 0.644 bits per heavy atom. The number of anilines is 2. The molecule has 0 radical (unpaired) electrons. The Morgan fingerprint density at radius 2 is 1.24 bits per heavy atom. The first-order chi connectivity index (χ1) is 21.9. The second kappa shape index (κ2) is 14.8. The van der Waals surface area contributed by atoms with E-state index in [1.807, 2.05) is 30.3 Å². The second-order valence-corrected chi connectivity index (χ2v) is 10.9. The molecular weight excluding hydrogens is 592 g/mol. The third-order valence-electron chi connectivity index (χ3n) is 6.57. The molecule has 5 aromatic carbocycles. The zero-order valence-electron chi connectivity index (χ0n) is 23.7. The van der Waals surface area contributed by atoms with Crippen LogP contribution in [-0.2, 0) is 9.59 Å². The van der Waals surface area contributed by atoms with E-state index in [4.69, 9.17) is 0 Å². The van der Waals surface area contributed by atoms with Gasteiger partial charge in [-0.25, -0.2) is 8.78 Å². The van der Waals surface area contributed by atoms with Crippen LogP contribution >= 0.6 is 11.8 Å². The van der Waals surface area contributed by atoms with E-state index in [9.17, 15) is 23.2 Å². The van der Waals surface area contributed by atoms with Crippen LogP contribution in [0.3, 0.4) is 0 Å². The Hall–Kier alpha value is -5.54. The van der Waals surface area contributed by atoms with E-state index in [0.29, 0.717) is 16.1 Å². The van der Waals surface area contributed by atoms with Gasteiger partial charge in [-0.1, -0.05) is 78.9 Å². The Balaban J connectivity index is 1.33. The van der Waals surface area contributed by atoms with Gasteiger partial charge >= 0.3 is 0 Å². The molecule has 5 rings (SSSR count). The highest BCUT2D eigenvalue weighted by Gasteiger charge is 2.23. The zero-order chi connectivity index (χ0) is 31.6. The SMILES string of the molecule is O=C(Nc1ccc(SC(C(=O)Nc2ccccc2F)c2ccccc2)cc1)/C(=C/c1ccccc1F)NC(=O)c1ccccc1. The van der Waals surface area contributed by atoms with Crippen molar-refractivity contribution in [3.8, 4) is 0 Å². The van der Waals surface area contributed by atoms with E-state index in [-0.39, 0.29) is 16.9 Å². The number of carbonyl (C=O) groups is 3. The van der Waals surface area contributed by atoms with Crippen LogP contribution in [0.15, 0.2) is 144 Å². The van der Waals surface area contributed by atoms with Gasteiger partial charge in [-0.2, -0.15) is 0 Å². The predicted molar refractivity (Wildman–Crippen MR) is 173 cm³/mol. The molecule has 0 heterocycles. The van der Waals surface area contributed by atoms with Gasteiger partial charge in [0.25, 0.3) is 11.8 Å². The van der Waals surface area contributed by atoms with Crippen LogP contribution in [0.5, 0.6) is 0 Å². The summed E-state index contributed by atoms with van der Waals surface area (Å²) < 4.78 is 28.7. The van der Waals surface area contributed by atoms with Crippen LogP contribution in [0, 0.1) is 11.6 Å². The van der Waals surface area contributed by atoms with Crippen LogP contribution in [0.2, 0.25) is 0 Å². The van der Waals surface area contributed by atoms with Crippen molar-refractivity contribution in [1.29, 1.82) is 0 Å². The molecule has 9 heteroatoms. The Bertz CT molecular complexity index is 1830. The number of nitrogens with one attached hydrogen (secondary N) is 3. The fraction of sp³-hybridized carbons (Fsp3) is 0.0278. The molecule has 0 saturated carbocycles. The van der Waals surface area contributed by atoms with E-state index in [2.05, 4.69) is 16.0 Å². The summed E-state index contributed by atoms with van der Waals surface area (Å²) in [5.74, 6) is -2.67. The van der Waals surface area contributed by atoms with Gasteiger partial charge in [0.2, 0.25) is 5.91 Å². The Labute approximate surface area is 263 Å². The number of benzene rings is 5. The quantitative estimate of drug-likeness (QED) is 0.110. The minimum absolute atomic E-state index is 0.0840. The molecule has 3 N–H and O–H groups in total. The van der Waals surface area contributed by atoms with Crippen molar-refractivity contribution in [2.75, 3.05) is 10.6 Å². The Morgan fingerprint density at radius 3 is 1.91 bits per heavy atom. The summed E-state index contributed by atoms with van der Waals surface area (Å²) in [5, 5.41) is 7.30. The average Bonchev–Trinajstić information content (AvgIpc) is 3.06. The van der Waals surface area contributed by atoms with Crippen molar-refractivity contribution in [2.45, 2.75) is 10.1 Å². The van der Waals surface area contributed by atoms with Crippen LogP contribution in [0.1, 0.15) is 26.7 Å². The van der Waals surface area contributed by atoms with Gasteiger partial charge in [0, 0.05) is 21.7 Å².